The lowest BCUT2D eigenvalue weighted by Crippen LogP contribution is -2.68. The number of hydrogen-bond donors (Lipinski definition) is 3. The van der Waals surface area contributed by atoms with E-state index in [1.54, 1.807) is 28.8 Å². The summed E-state index contributed by atoms with van der Waals surface area (Å²) in [4.78, 5) is 26.9. The number of H-pyrrole nitrogens is 1. The minimum atomic E-state index is -0.813. The molecule has 2 aliphatic heterocycles. The number of nitrogens with one attached hydrogen (secondary N) is 2. The lowest BCUT2D eigenvalue weighted by Gasteiger charge is -2.44. The highest BCUT2D eigenvalue weighted by molar-refractivity contribution is 8.01. The first-order valence-electron chi connectivity index (χ1n) is 8.24. The zero-order valence-corrected chi connectivity index (χ0v) is 16.3. The Kier molecular flexibility index (Phi) is 5.15. The van der Waals surface area contributed by atoms with E-state index in [1.807, 2.05) is 32.0 Å². The maximum atomic E-state index is 12.7. The van der Waals surface area contributed by atoms with E-state index < -0.39 is 12.1 Å². The molecule has 4 rings (SSSR count). The van der Waals surface area contributed by atoms with Gasteiger partial charge < -0.3 is 16.0 Å². The van der Waals surface area contributed by atoms with Crippen molar-refractivity contribution in [3.05, 3.63) is 41.7 Å². The van der Waals surface area contributed by atoms with Crippen molar-refractivity contribution in [2.45, 2.75) is 42.1 Å². The van der Waals surface area contributed by atoms with Crippen LogP contribution in [-0.4, -0.2) is 53.5 Å². The van der Waals surface area contributed by atoms with E-state index in [9.17, 15) is 9.59 Å². The van der Waals surface area contributed by atoms with E-state index in [0.29, 0.717) is 11.4 Å². The summed E-state index contributed by atoms with van der Waals surface area (Å²) in [6, 6.07) is 7.41. The number of carbonyl (C=O) groups excluding carboxylic acids is 2. The summed E-state index contributed by atoms with van der Waals surface area (Å²) in [5.41, 5.74) is 6.74. The Morgan fingerprint density at radius 3 is 2.70 bits per heavy atom. The Morgan fingerprint density at radius 2 is 2.07 bits per heavy atom. The molecule has 1 aromatic heterocycles. The number of benzene rings is 1. The van der Waals surface area contributed by atoms with Crippen molar-refractivity contribution in [1.82, 2.24) is 30.8 Å². The molecule has 0 radical (unpaired) electrons. The van der Waals surface area contributed by atoms with Gasteiger partial charge in [-0.05, 0) is 29.8 Å². The fourth-order valence-electron chi connectivity index (χ4n) is 3.53. The van der Waals surface area contributed by atoms with Gasteiger partial charge in [0.2, 0.25) is 11.8 Å². The molecule has 2 fully saturated rings. The number of carbonyl (C=O) groups is 2. The third kappa shape index (κ3) is 3.17. The Balaban J connectivity index is 0.00000210. The summed E-state index contributed by atoms with van der Waals surface area (Å²) in [5.74, 6) is 0.0320. The third-order valence-electron chi connectivity index (χ3n) is 4.80. The highest BCUT2D eigenvalue weighted by atomic mass is 35.5. The molecule has 4 atom stereocenters. The molecule has 0 bridgehead atoms. The molecule has 0 aliphatic carbocycles. The van der Waals surface area contributed by atoms with Crippen LogP contribution in [0.3, 0.4) is 0 Å². The lowest BCUT2D eigenvalue weighted by molar-refractivity contribution is -0.152. The van der Waals surface area contributed by atoms with Gasteiger partial charge in [0.05, 0.1) is 0 Å². The largest absolute Gasteiger partial charge is 0.340 e. The molecule has 11 heteroatoms. The van der Waals surface area contributed by atoms with E-state index in [-0.39, 0.29) is 40.4 Å². The Labute approximate surface area is 166 Å². The highest BCUT2D eigenvalue weighted by Crippen LogP contribution is 2.56. The second-order valence-corrected chi connectivity index (χ2v) is 8.69. The van der Waals surface area contributed by atoms with E-state index >= 15 is 0 Å². The van der Waals surface area contributed by atoms with Crippen molar-refractivity contribution >= 4 is 36.0 Å². The number of β-lactam (4-membered cyclic amide) rings is 1. The maximum Gasteiger partial charge on any atom is 0.249 e. The quantitative estimate of drug-likeness (QED) is 0.628. The number of nitrogens with two attached hydrogens (primary N) is 1. The molecule has 3 unspecified atom stereocenters. The van der Waals surface area contributed by atoms with Gasteiger partial charge in [-0.1, -0.05) is 30.3 Å². The number of halogens is 1. The van der Waals surface area contributed by atoms with E-state index in [4.69, 9.17) is 5.73 Å². The van der Waals surface area contributed by atoms with Crippen molar-refractivity contribution in [3.8, 4) is 0 Å². The Bertz CT molecular complexity index is 833. The SMILES string of the molecule is CC1(C)S[C@@H]2C(NC(=O)C(N)c3ccccc3)C(=O)N2C1c1nnn[nH]1.Cl. The van der Waals surface area contributed by atoms with Gasteiger partial charge in [-0.15, -0.1) is 29.3 Å². The molecule has 9 nitrogen and oxygen atoms in total. The zero-order chi connectivity index (χ0) is 18.5. The van der Waals surface area contributed by atoms with E-state index in [1.165, 1.54) is 0 Å². The first-order chi connectivity index (χ1) is 12.4. The van der Waals surface area contributed by atoms with Crippen LogP contribution in [0.25, 0.3) is 0 Å². The number of rotatable bonds is 4. The summed E-state index contributed by atoms with van der Waals surface area (Å²) >= 11 is 1.62. The molecule has 3 heterocycles. The number of nitrogens with zero attached hydrogens (tertiary/aromatic N) is 4. The smallest absolute Gasteiger partial charge is 0.249 e. The molecule has 144 valence electrons. The van der Waals surface area contributed by atoms with Gasteiger partial charge >= 0.3 is 0 Å². The summed E-state index contributed by atoms with van der Waals surface area (Å²) < 4.78 is -0.289. The monoisotopic (exact) mass is 409 g/mol. The standard InChI is InChI=1S/C16H19N7O2S.ClH/c1-16(2)11(12-19-21-22-20-12)23-14(25)10(15(23)26-16)18-13(24)9(17)8-6-4-3-5-7-8;/h3-7,9-11,15H,17H2,1-2H3,(H,18,24)(H,19,20,21,22);1H/t9?,10?,11?,15-;/m1./s1. The molecule has 2 saturated heterocycles. The van der Waals surface area contributed by atoms with Gasteiger partial charge in [0, 0.05) is 4.75 Å². The fraction of sp³-hybridized carbons (Fsp3) is 0.438. The van der Waals surface area contributed by atoms with Crippen LogP contribution in [0.4, 0.5) is 0 Å². The summed E-state index contributed by atoms with van der Waals surface area (Å²) in [6.07, 6.45) is 0. The molecule has 2 aromatic rings. The number of hydrogen-bond acceptors (Lipinski definition) is 7. The summed E-state index contributed by atoms with van der Waals surface area (Å²) in [7, 11) is 0. The normalized spacial score (nSPS) is 26.6. The highest BCUT2D eigenvalue weighted by Gasteiger charge is 2.63. The number of tetrazole rings is 1. The van der Waals surface area contributed by atoms with Crippen LogP contribution in [-0.2, 0) is 9.59 Å². The molecule has 2 aliphatic rings. The fourth-order valence-corrected chi connectivity index (χ4v) is 5.16. The average molecular weight is 410 g/mol. The molecule has 0 saturated carbocycles. The van der Waals surface area contributed by atoms with Crippen molar-refractivity contribution in [2.24, 2.45) is 5.73 Å². The number of thioether (sulfide) groups is 1. The number of aromatic amines is 1. The van der Waals surface area contributed by atoms with E-state index in [0.717, 1.165) is 0 Å². The molecule has 2 amide bonds. The molecular weight excluding hydrogens is 390 g/mol. The van der Waals surface area contributed by atoms with Crippen molar-refractivity contribution in [3.63, 3.8) is 0 Å². The maximum absolute atomic E-state index is 12.7. The van der Waals surface area contributed by atoms with Gasteiger partial charge in [0.25, 0.3) is 0 Å². The van der Waals surface area contributed by atoms with Gasteiger partial charge in [-0.25, -0.2) is 5.10 Å². The second kappa shape index (κ2) is 7.10. The lowest BCUT2D eigenvalue weighted by atomic mass is 9.95. The molecule has 4 N–H and O–H groups in total. The average Bonchev–Trinajstić information content (AvgIpc) is 3.23. The van der Waals surface area contributed by atoms with Crippen LogP contribution in [0.15, 0.2) is 30.3 Å². The number of aromatic nitrogens is 4. The predicted molar refractivity (Wildman–Crippen MR) is 102 cm³/mol. The summed E-state index contributed by atoms with van der Waals surface area (Å²) in [5, 5.41) is 16.6. The topological polar surface area (TPSA) is 130 Å². The van der Waals surface area contributed by atoms with Crippen LogP contribution in [0, 0.1) is 0 Å². The predicted octanol–water partition coefficient (Wildman–Crippen LogP) is 0.541. The van der Waals surface area contributed by atoms with E-state index in [2.05, 4.69) is 25.9 Å². The molecular formula is C16H20ClN7O2S. The van der Waals surface area contributed by atoms with Crippen LogP contribution in [0.2, 0.25) is 0 Å². The first kappa shape index (κ1) is 19.6. The van der Waals surface area contributed by atoms with Gasteiger partial charge in [0.15, 0.2) is 5.82 Å². The third-order valence-corrected chi connectivity index (χ3v) is 6.37. The van der Waals surface area contributed by atoms with Crippen LogP contribution in [0.5, 0.6) is 0 Å². The Morgan fingerprint density at radius 1 is 1.37 bits per heavy atom. The van der Waals surface area contributed by atoms with Crippen molar-refractivity contribution in [1.29, 1.82) is 0 Å². The van der Waals surface area contributed by atoms with Gasteiger partial charge in [-0.3, -0.25) is 9.59 Å². The van der Waals surface area contributed by atoms with Crippen molar-refractivity contribution < 1.29 is 9.59 Å². The number of fused-ring (bicyclic) bond motifs is 1. The minimum absolute atomic E-state index is 0. The molecule has 27 heavy (non-hydrogen) atoms. The van der Waals surface area contributed by atoms with Crippen LogP contribution in [0.1, 0.15) is 37.3 Å². The summed E-state index contributed by atoms with van der Waals surface area (Å²) in [6.45, 7) is 4.07. The zero-order valence-electron chi connectivity index (χ0n) is 14.7. The Hall–Kier alpha value is -2.17. The van der Waals surface area contributed by atoms with Crippen LogP contribution >= 0.6 is 24.2 Å². The van der Waals surface area contributed by atoms with Gasteiger partial charge in [0.1, 0.15) is 23.5 Å². The molecule has 1 aromatic carbocycles. The first-order valence-corrected chi connectivity index (χ1v) is 9.12. The van der Waals surface area contributed by atoms with Gasteiger partial charge in [-0.2, -0.15) is 0 Å². The van der Waals surface area contributed by atoms with Crippen LogP contribution < -0.4 is 11.1 Å². The van der Waals surface area contributed by atoms with Crippen molar-refractivity contribution in [2.75, 3.05) is 0 Å². The minimum Gasteiger partial charge on any atom is -0.340 e. The number of amides is 2. The molecule has 0 spiro atoms. The second-order valence-electron chi connectivity index (χ2n) is 6.92.